The Labute approximate surface area is 243 Å². The second-order valence-electron chi connectivity index (χ2n) is 9.06. The molecule has 222 valence electrons. The third kappa shape index (κ3) is 7.20. The number of anilines is 1. The van der Waals surface area contributed by atoms with Gasteiger partial charge in [0.05, 0.1) is 19.0 Å². The van der Waals surface area contributed by atoms with Gasteiger partial charge in [-0.3, -0.25) is 9.36 Å². The quantitative estimate of drug-likeness (QED) is 0.150. The van der Waals surface area contributed by atoms with Crippen molar-refractivity contribution in [3.63, 3.8) is 0 Å². The second-order valence-corrected chi connectivity index (χ2v) is 12.2. The first-order valence-electron chi connectivity index (χ1n) is 12.9. The Kier molecular flexibility index (Phi) is 10.8. The summed E-state index contributed by atoms with van der Waals surface area (Å²) in [5, 5.41) is 25.2. The number of nitrogen functional groups attached to an aromatic ring is 1. The molecule has 0 spiro atoms. The minimum atomic E-state index is -3.45. The fourth-order valence-corrected chi connectivity index (χ4v) is 6.30. The lowest BCUT2D eigenvalue weighted by Gasteiger charge is -2.28. The summed E-state index contributed by atoms with van der Waals surface area (Å²) in [5.41, 5.74) is 4.19. The van der Waals surface area contributed by atoms with E-state index in [4.69, 9.17) is 42.5 Å². The van der Waals surface area contributed by atoms with Crippen LogP contribution >= 0.6 is 6.64 Å². The van der Waals surface area contributed by atoms with Gasteiger partial charge in [-0.25, -0.2) is 20.0 Å². The largest absolute Gasteiger partial charge is 0.462 e. The average Bonchev–Trinajstić information content (AvgIpc) is 3.48. The summed E-state index contributed by atoms with van der Waals surface area (Å²) >= 11 is 5.70. The normalized spacial score (nSPS) is 24.1. The summed E-state index contributed by atoms with van der Waals surface area (Å²) in [6.07, 6.45) is 3.79. The second kappa shape index (κ2) is 13.7. The van der Waals surface area contributed by atoms with Crippen molar-refractivity contribution < 1.29 is 33.5 Å². The van der Waals surface area contributed by atoms with Crippen LogP contribution in [-0.4, -0.2) is 72.3 Å². The lowest BCUT2D eigenvalue weighted by molar-refractivity contribution is -0.149. The number of hydrogen-bond acceptors (Lipinski definition) is 12. The zero-order valence-corrected chi connectivity index (χ0v) is 25.1. The van der Waals surface area contributed by atoms with Gasteiger partial charge in [-0.2, -0.15) is 0 Å². The van der Waals surface area contributed by atoms with Crippen molar-refractivity contribution in [1.82, 2.24) is 24.6 Å². The number of nitrogens with two attached hydrogens (primary N) is 1. The fraction of sp³-hybridized carbons (Fsp3) is 0.462. The molecule has 1 saturated heterocycles. The van der Waals surface area contributed by atoms with Crippen LogP contribution in [0, 0.1) is 12.3 Å². The molecule has 6 atom stereocenters. The number of nitrogens with one attached hydrogen (secondary N) is 1. The van der Waals surface area contributed by atoms with Crippen molar-refractivity contribution in [1.29, 1.82) is 0 Å². The van der Waals surface area contributed by atoms with E-state index in [1.165, 1.54) is 17.2 Å². The van der Waals surface area contributed by atoms with Crippen LogP contribution in [0.2, 0.25) is 0 Å². The molecule has 13 nitrogen and oxygen atoms in total. The standard InChI is InChI=1S/C24H29N6O7PS.C2H6/c1-5-24(33)19(31)17(36-23(24)30-13-28-18-20(25)26-12-27-21(18)30)11-34-38(39,37-16-9-7-6-8-10-16)29-15(4)22(32)35-14(2)3;1-2/h1,6-10,12-15,17,19,23,31,33H,11H2,2-4H3,(H,29,39)(H2,25,26,27);1-2H3/t15?,17?,19-,23?,24-,38?;/m1./s1. The Morgan fingerprint density at radius 1 is 1.29 bits per heavy atom. The maximum absolute atomic E-state index is 12.5. The minimum absolute atomic E-state index is 0.122. The molecule has 1 fully saturated rings. The van der Waals surface area contributed by atoms with Crippen LogP contribution in [0.1, 0.15) is 40.8 Å². The van der Waals surface area contributed by atoms with E-state index in [1.54, 1.807) is 51.1 Å². The summed E-state index contributed by atoms with van der Waals surface area (Å²) in [6, 6.07) is 7.77. The number of terminal acetylenes is 1. The third-order valence-corrected chi connectivity index (χ3v) is 8.29. The molecule has 0 radical (unpaired) electrons. The fourth-order valence-electron chi connectivity index (χ4n) is 3.89. The van der Waals surface area contributed by atoms with E-state index >= 15 is 0 Å². The van der Waals surface area contributed by atoms with E-state index in [9.17, 15) is 15.0 Å². The number of aliphatic hydroxyl groups excluding tert-OH is 1. The van der Waals surface area contributed by atoms with Gasteiger partial charge >= 0.3 is 12.6 Å². The number of carbonyl (C=O) groups excluding carboxylic acids is 1. The van der Waals surface area contributed by atoms with Gasteiger partial charge in [-0.05, 0) is 44.7 Å². The SMILES string of the molecule is C#C[C@]1(O)C(n2cnc3c(N)ncnc32)OC(COP(=S)(NC(C)C(=O)OC(C)C)Oc2ccccc2)[C@H]1O.CC. The summed E-state index contributed by atoms with van der Waals surface area (Å²) in [7, 11) is 0. The zero-order valence-electron chi connectivity index (χ0n) is 23.4. The van der Waals surface area contributed by atoms with Crippen molar-refractivity contribution in [3.05, 3.63) is 43.0 Å². The lowest BCUT2D eigenvalue weighted by Crippen LogP contribution is -2.46. The Morgan fingerprint density at radius 3 is 2.61 bits per heavy atom. The monoisotopic (exact) mass is 606 g/mol. The maximum Gasteiger partial charge on any atom is 0.323 e. The number of benzene rings is 1. The summed E-state index contributed by atoms with van der Waals surface area (Å²) in [4.78, 5) is 24.7. The molecule has 4 rings (SSSR count). The smallest absolute Gasteiger partial charge is 0.323 e. The van der Waals surface area contributed by atoms with E-state index in [1.807, 2.05) is 13.8 Å². The number of imidazole rings is 1. The van der Waals surface area contributed by atoms with E-state index < -0.39 is 42.7 Å². The molecule has 2 aromatic heterocycles. The van der Waals surface area contributed by atoms with Crippen molar-refractivity contribution in [2.45, 2.75) is 70.8 Å². The van der Waals surface area contributed by atoms with Crippen LogP contribution < -0.4 is 15.3 Å². The van der Waals surface area contributed by atoms with E-state index in [-0.39, 0.29) is 29.7 Å². The number of esters is 1. The average molecular weight is 607 g/mol. The highest BCUT2D eigenvalue weighted by atomic mass is 32.5. The predicted octanol–water partition coefficient (Wildman–Crippen LogP) is 2.31. The zero-order chi connectivity index (χ0) is 30.4. The maximum atomic E-state index is 12.5. The molecule has 1 aromatic carbocycles. The van der Waals surface area contributed by atoms with Gasteiger partial charge in [0.25, 0.3) is 0 Å². The van der Waals surface area contributed by atoms with Crippen molar-refractivity contribution in [3.8, 4) is 18.1 Å². The first-order valence-corrected chi connectivity index (χ1v) is 15.6. The number of ether oxygens (including phenoxy) is 2. The van der Waals surface area contributed by atoms with Crippen LogP contribution in [0.15, 0.2) is 43.0 Å². The van der Waals surface area contributed by atoms with Crippen molar-refractivity contribution in [2.75, 3.05) is 12.3 Å². The summed E-state index contributed by atoms with van der Waals surface area (Å²) < 4.78 is 24.5. The molecule has 0 aliphatic carbocycles. The van der Waals surface area contributed by atoms with Gasteiger partial charge in [0, 0.05) is 0 Å². The molecular formula is C26H35N6O7PS. The van der Waals surface area contributed by atoms with Gasteiger partial charge in [-0.1, -0.05) is 38.0 Å². The molecule has 0 amide bonds. The van der Waals surface area contributed by atoms with E-state index in [2.05, 4.69) is 26.0 Å². The molecule has 3 heterocycles. The lowest BCUT2D eigenvalue weighted by atomic mass is 9.95. The first kappa shape index (κ1) is 32.4. The minimum Gasteiger partial charge on any atom is -0.462 e. The van der Waals surface area contributed by atoms with Crippen molar-refractivity contribution >= 4 is 41.4 Å². The number of para-hydroxylation sites is 1. The number of hydrogen-bond donors (Lipinski definition) is 4. The Hall–Kier alpha value is -3.15. The molecule has 15 heteroatoms. The third-order valence-electron chi connectivity index (χ3n) is 5.79. The van der Waals surface area contributed by atoms with E-state index in [0.29, 0.717) is 5.75 Å². The molecule has 3 aromatic rings. The molecule has 5 N–H and O–H groups in total. The van der Waals surface area contributed by atoms with Gasteiger partial charge in [-0.15, -0.1) is 6.42 Å². The highest BCUT2D eigenvalue weighted by Crippen LogP contribution is 2.47. The molecule has 1 aliphatic heterocycles. The van der Waals surface area contributed by atoms with Gasteiger partial charge in [0.2, 0.25) is 0 Å². The molecule has 4 unspecified atom stereocenters. The Morgan fingerprint density at radius 2 is 1.98 bits per heavy atom. The van der Waals surface area contributed by atoms with Crippen LogP contribution in [-0.2, 0) is 30.6 Å². The molecular weight excluding hydrogens is 571 g/mol. The van der Waals surface area contributed by atoms with Crippen LogP contribution in [0.3, 0.4) is 0 Å². The molecule has 0 saturated carbocycles. The van der Waals surface area contributed by atoms with Crippen LogP contribution in [0.25, 0.3) is 11.2 Å². The predicted molar refractivity (Wildman–Crippen MR) is 156 cm³/mol. The Balaban J connectivity index is 0.00000226. The topological polar surface area (TPSA) is 176 Å². The highest BCUT2D eigenvalue weighted by Gasteiger charge is 2.56. The van der Waals surface area contributed by atoms with Crippen LogP contribution in [0.5, 0.6) is 5.75 Å². The number of aliphatic hydroxyl groups is 2. The summed E-state index contributed by atoms with van der Waals surface area (Å²) in [5.74, 6) is 2.18. The number of carbonyl (C=O) groups is 1. The summed E-state index contributed by atoms with van der Waals surface area (Å²) in [6.45, 7) is 5.22. The van der Waals surface area contributed by atoms with Gasteiger partial charge in [0.1, 0.15) is 35.8 Å². The molecule has 0 bridgehead atoms. The van der Waals surface area contributed by atoms with Crippen LogP contribution in [0.4, 0.5) is 5.82 Å². The molecule has 41 heavy (non-hydrogen) atoms. The molecule has 1 aliphatic rings. The highest BCUT2D eigenvalue weighted by molar-refractivity contribution is 8.09. The number of fused-ring (bicyclic) bond motifs is 1. The van der Waals surface area contributed by atoms with Crippen molar-refractivity contribution in [2.24, 2.45) is 0 Å². The van der Waals surface area contributed by atoms with Gasteiger partial charge in [0.15, 0.2) is 23.3 Å². The first-order chi connectivity index (χ1) is 19.5. The Bertz CT molecular complexity index is 1420. The number of rotatable bonds is 10. The number of aromatic nitrogens is 4. The number of nitrogens with zero attached hydrogens (tertiary/aromatic N) is 4. The van der Waals surface area contributed by atoms with E-state index in [0.717, 1.165) is 0 Å². The van der Waals surface area contributed by atoms with Gasteiger partial charge < -0.3 is 34.5 Å².